The van der Waals surface area contributed by atoms with Crippen molar-refractivity contribution >= 4 is 23.2 Å². The van der Waals surface area contributed by atoms with Gasteiger partial charge in [-0.25, -0.2) is 4.39 Å². The van der Waals surface area contributed by atoms with Gasteiger partial charge in [0, 0.05) is 23.4 Å². The Morgan fingerprint density at radius 3 is 2.59 bits per heavy atom. The van der Waals surface area contributed by atoms with Crippen LogP contribution in [0.4, 0.5) is 4.39 Å². The van der Waals surface area contributed by atoms with Crippen LogP contribution in [0.1, 0.15) is 74.4 Å². The molecule has 2 heterocycles. The van der Waals surface area contributed by atoms with Gasteiger partial charge in [-0.15, -0.1) is 11.3 Å². The van der Waals surface area contributed by atoms with E-state index in [2.05, 4.69) is 25.3 Å². The third-order valence-corrected chi connectivity index (χ3v) is 7.79. The van der Waals surface area contributed by atoms with E-state index < -0.39 is 0 Å². The molecule has 0 radical (unpaired) electrons. The Morgan fingerprint density at radius 1 is 1.19 bits per heavy atom. The summed E-state index contributed by atoms with van der Waals surface area (Å²) in [6, 6.07) is 8.51. The molecule has 1 aromatic heterocycles. The fraction of sp³-hybridized carbons (Fsp3) is 0.538. The number of halogens is 1. The number of fused-ring (bicyclic) bond motifs is 1. The van der Waals surface area contributed by atoms with Crippen LogP contribution in [0.15, 0.2) is 35.7 Å². The van der Waals surface area contributed by atoms with Crippen LogP contribution in [0.2, 0.25) is 0 Å². The molecule has 1 saturated carbocycles. The van der Waals surface area contributed by atoms with E-state index in [4.69, 9.17) is 0 Å². The second-order valence-corrected chi connectivity index (χ2v) is 10.0. The number of hydrogen-bond acceptors (Lipinski definition) is 3. The zero-order valence-corrected chi connectivity index (χ0v) is 19.9. The van der Waals surface area contributed by atoms with Gasteiger partial charge in [0.15, 0.2) is 0 Å². The minimum Gasteiger partial charge on any atom is -0.330 e. The van der Waals surface area contributed by atoms with Gasteiger partial charge in [-0.05, 0) is 66.8 Å². The molecule has 1 aromatic carbocycles. The van der Waals surface area contributed by atoms with Gasteiger partial charge in [0.05, 0.1) is 6.04 Å². The van der Waals surface area contributed by atoms with Crippen molar-refractivity contribution < 1.29 is 14.0 Å². The Hall–Kier alpha value is -2.21. The van der Waals surface area contributed by atoms with Crippen molar-refractivity contribution in [3.8, 4) is 0 Å². The number of carbonyl (C=O) groups excluding carboxylic acids is 2. The minimum atomic E-state index is -0.281. The Bertz CT molecular complexity index is 938. The average Bonchev–Trinajstić information content (AvgIpc) is 3.53. The van der Waals surface area contributed by atoms with Crippen LogP contribution < -0.4 is 0 Å². The highest BCUT2D eigenvalue weighted by molar-refractivity contribution is 7.10. The lowest BCUT2D eigenvalue weighted by atomic mass is 9.93. The standard InChI is InChI=1S/C26H33FN2O2S/c1-3-5-6-18(4-2)26(31)29(21-11-12-21)17-24(30)28-15-13-23-22(14-16-32-23)25(28)19-7-9-20(27)10-8-19/h7-10,14,16,18,21,25H,3-6,11-13,15,17H2,1-2H3. The predicted octanol–water partition coefficient (Wildman–Crippen LogP) is 5.57. The van der Waals surface area contributed by atoms with Gasteiger partial charge < -0.3 is 9.80 Å². The van der Waals surface area contributed by atoms with Crippen LogP contribution in [0.25, 0.3) is 0 Å². The van der Waals surface area contributed by atoms with Crippen LogP contribution in [0.5, 0.6) is 0 Å². The van der Waals surface area contributed by atoms with Gasteiger partial charge in [0.1, 0.15) is 12.4 Å². The van der Waals surface area contributed by atoms with Gasteiger partial charge >= 0.3 is 0 Å². The molecule has 2 unspecified atom stereocenters. The Kier molecular flexibility index (Phi) is 7.29. The minimum absolute atomic E-state index is 0.000998. The highest BCUT2D eigenvalue weighted by Gasteiger charge is 2.39. The third-order valence-electron chi connectivity index (χ3n) is 6.80. The molecular weight excluding hydrogens is 423 g/mol. The lowest BCUT2D eigenvalue weighted by Crippen LogP contribution is -2.48. The first kappa shape index (κ1) is 23.0. The van der Waals surface area contributed by atoms with E-state index in [1.807, 2.05) is 9.80 Å². The van der Waals surface area contributed by atoms with Crippen LogP contribution in [-0.4, -0.2) is 40.7 Å². The molecule has 6 heteroatoms. The fourth-order valence-corrected chi connectivity index (χ4v) is 5.69. The van der Waals surface area contributed by atoms with Crippen molar-refractivity contribution in [1.82, 2.24) is 9.80 Å². The number of thiophene rings is 1. The van der Waals surface area contributed by atoms with Gasteiger partial charge in [-0.1, -0.05) is 38.8 Å². The molecule has 2 amide bonds. The number of benzene rings is 1. The number of rotatable bonds is 9. The van der Waals surface area contributed by atoms with Crippen LogP contribution >= 0.6 is 11.3 Å². The monoisotopic (exact) mass is 456 g/mol. The van der Waals surface area contributed by atoms with E-state index in [-0.39, 0.29) is 42.2 Å². The van der Waals surface area contributed by atoms with E-state index in [9.17, 15) is 14.0 Å². The second kappa shape index (κ2) is 10.2. The smallest absolute Gasteiger partial charge is 0.243 e. The van der Waals surface area contributed by atoms with Crippen molar-refractivity contribution in [2.45, 2.75) is 70.9 Å². The van der Waals surface area contributed by atoms with Crippen LogP contribution in [-0.2, 0) is 16.0 Å². The van der Waals surface area contributed by atoms with E-state index in [1.165, 1.54) is 17.0 Å². The largest absolute Gasteiger partial charge is 0.330 e. The maximum atomic E-state index is 13.6. The molecule has 1 aliphatic heterocycles. The molecule has 2 atom stereocenters. The molecular formula is C26H33FN2O2S. The molecule has 2 aliphatic rings. The normalized spacial score (nSPS) is 18.8. The van der Waals surface area contributed by atoms with E-state index in [0.29, 0.717) is 6.54 Å². The molecule has 4 nitrogen and oxygen atoms in total. The maximum Gasteiger partial charge on any atom is 0.243 e. The highest BCUT2D eigenvalue weighted by atomic mass is 32.1. The van der Waals surface area contributed by atoms with Gasteiger partial charge in [-0.2, -0.15) is 0 Å². The lowest BCUT2D eigenvalue weighted by molar-refractivity contribution is -0.144. The quantitative estimate of drug-likeness (QED) is 0.495. The summed E-state index contributed by atoms with van der Waals surface area (Å²) in [6.45, 7) is 4.97. The molecule has 2 aromatic rings. The molecule has 1 fully saturated rings. The summed E-state index contributed by atoms with van der Waals surface area (Å²) in [4.78, 5) is 32.0. The van der Waals surface area contributed by atoms with E-state index in [0.717, 1.165) is 56.1 Å². The number of hydrogen-bond donors (Lipinski definition) is 0. The zero-order chi connectivity index (χ0) is 22.7. The zero-order valence-electron chi connectivity index (χ0n) is 19.1. The Morgan fingerprint density at radius 2 is 1.94 bits per heavy atom. The van der Waals surface area contributed by atoms with Gasteiger partial charge in [0.2, 0.25) is 11.8 Å². The summed E-state index contributed by atoms with van der Waals surface area (Å²) in [5.74, 6) is -0.151. The average molecular weight is 457 g/mol. The molecule has 32 heavy (non-hydrogen) atoms. The lowest BCUT2D eigenvalue weighted by Gasteiger charge is -2.38. The Labute approximate surface area is 194 Å². The van der Waals surface area contributed by atoms with Crippen molar-refractivity contribution in [1.29, 1.82) is 0 Å². The summed E-state index contributed by atoms with van der Waals surface area (Å²) in [6.07, 6.45) is 6.61. The van der Waals surface area contributed by atoms with Gasteiger partial charge in [-0.3, -0.25) is 9.59 Å². The maximum absolute atomic E-state index is 13.6. The molecule has 0 saturated heterocycles. The first-order valence-corrected chi connectivity index (χ1v) is 12.8. The van der Waals surface area contributed by atoms with Crippen molar-refractivity contribution in [2.24, 2.45) is 5.92 Å². The highest BCUT2D eigenvalue weighted by Crippen LogP contribution is 2.38. The van der Waals surface area contributed by atoms with E-state index in [1.54, 1.807) is 23.5 Å². The fourth-order valence-electron chi connectivity index (χ4n) is 4.79. The van der Waals surface area contributed by atoms with Gasteiger partial charge in [0.25, 0.3) is 0 Å². The predicted molar refractivity (Wildman–Crippen MR) is 126 cm³/mol. The van der Waals surface area contributed by atoms with Crippen molar-refractivity contribution in [3.05, 3.63) is 57.5 Å². The Balaban J connectivity index is 1.56. The molecule has 0 spiro atoms. The molecule has 1 aliphatic carbocycles. The number of amides is 2. The molecule has 0 bridgehead atoms. The summed E-state index contributed by atoms with van der Waals surface area (Å²) < 4.78 is 13.6. The number of nitrogens with zero attached hydrogens (tertiary/aromatic N) is 2. The van der Waals surface area contributed by atoms with E-state index >= 15 is 0 Å². The summed E-state index contributed by atoms with van der Waals surface area (Å²) in [5.41, 5.74) is 2.04. The number of unbranched alkanes of at least 4 members (excludes halogenated alkanes) is 1. The SMILES string of the molecule is CCCCC(CC)C(=O)N(CC(=O)N1CCc2sccc2C1c1ccc(F)cc1)C1CC1. The third kappa shape index (κ3) is 4.90. The summed E-state index contributed by atoms with van der Waals surface area (Å²) in [5, 5.41) is 2.06. The first-order chi connectivity index (χ1) is 15.5. The number of carbonyl (C=O) groups is 2. The molecule has 0 N–H and O–H groups in total. The topological polar surface area (TPSA) is 40.6 Å². The second-order valence-electron chi connectivity index (χ2n) is 9.04. The summed E-state index contributed by atoms with van der Waals surface area (Å²) in [7, 11) is 0. The van der Waals surface area contributed by atoms with Crippen molar-refractivity contribution in [3.63, 3.8) is 0 Å². The first-order valence-electron chi connectivity index (χ1n) is 11.9. The molecule has 172 valence electrons. The molecule has 4 rings (SSSR count). The van der Waals surface area contributed by atoms with Crippen molar-refractivity contribution in [2.75, 3.05) is 13.1 Å². The van der Waals surface area contributed by atoms with Crippen LogP contribution in [0, 0.1) is 11.7 Å². The summed E-state index contributed by atoms with van der Waals surface area (Å²) >= 11 is 1.71. The van der Waals surface area contributed by atoms with Crippen LogP contribution in [0.3, 0.4) is 0 Å².